The van der Waals surface area contributed by atoms with Crippen molar-refractivity contribution < 1.29 is 9.66 Å². The van der Waals surface area contributed by atoms with Crippen molar-refractivity contribution in [1.82, 2.24) is 5.32 Å². The Hall–Kier alpha value is -1.89. The molecule has 18 heavy (non-hydrogen) atoms. The Morgan fingerprint density at radius 2 is 2.28 bits per heavy atom. The average Bonchev–Trinajstić information content (AvgIpc) is 3.13. The topological polar surface area (TPSA) is 76.4 Å². The lowest BCUT2D eigenvalue weighted by atomic mass is 10.2. The zero-order valence-corrected chi connectivity index (χ0v) is 10.6. The second kappa shape index (κ2) is 5.18. The Balaban J connectivity index is 2.14. The van der Waals surface area contributed by atoms with E-state index in [2.05, 4.69) is 10.6 Å². The third kappa shape index (κ3) is 3.07. The maximum absolute atomic E-state index is 11.0. The van der Waals surface area contributed by atoms with Crippen molar-refractivity contribution >= 4 is 28.7 Å². The van der Waals surface area contributed by atoms with E-state index in [1.54, 1.807) is 12.1 Å². The molecule has 1 aromatic carbocycles. The van der Waals surface area contributed by atoms with Crippen LogP contribution in [-0.4, -0.2) is 23.2 Å². The van der Waals surface area contributed by atoms with E-state index >= 15 is 0 Å². The molecule has 6 nitrogen and oxygen atoms in total. The quantitative estimate of drug-likeness (QED) is 0.494. The summed E-state index contributed by atoms with van der Waals surface area (Å²) in [5.74, 6) is 0.438. The number of nitrogens with zero attached hydrogens (tertiary/aromatic N) is 1. The molecule has 2 N–H and O–H groups in total. The van der Waals surface area contributed by atoms with E-state index in [-0.39, 0.29) is 5.69 Å². The highest BCUT2D eigenvalue weighted by atomic mass is 32.1. The number of nitrogens with one attached hydrogen (secondary N) is 2. The van der Waals surface area contributed by atoms with Gasteiger partial charge in [-0.15, -0.1) is 0 Å². The van der Waals surface area contributed by atoms with Crippen molar-refractivity contribution in [3.05, 3.63) is 28.3 Å². The fourth-order valence-corrected chi connectivity index (χ4v) is 1.74. The number of nitro benzene ring substituents is 1. The van der Waals surface area contributed by atoms with Gasteiger partial charge in [-0.1, -0.05) is 0 Å². The lowest BCUT2D eigenvalue weighted by Crippen LogP contribution is -2.30. The SMILES string of the molecule is COc1ccc(NC(=S)NC2CC2)c([N+](=O)[O-])c1. The Bertz CT molecular complexity index is 488. The molecule has 0 spiro atoms. The molecule has 1 aliphatic carbocycles. The van der Waals surface area contributed by atoms with Crippen LogP contribution in [0.15, 0.2) is 18.2 Å². The van der Waals surface area contributed by atoms with E-state index in [1.165, 1.54) is 13.2 Å². The van der Waals surface area contributed by atoms with Gasteiger partial charge < -0.3 is 15.4 Å². The van der Waals surface area contributed by atoms with Crippen LogP contribution < -0.4 is 15.4 Å². The van der Waals surface area contributed by atoms with Gasteiger partial charge in [0, 0.05) is 6.04 Å². The van der Waals surface area contributed by atoms with Gasteiger partial charge in [0.15, 0.2) is 5.11 Å². The van der Waals surface area contributed by atoms with Crippen molar-refractivity contribution in [2.75, 3.05) is 12.4 Å². The van der Waals surface area contributed by atoms with Crippen LogP contribution in [0.5, 0.6) is 5.75 Å². The molecule has 0 bridgehead atoms. The Kier molecular flexibility index (Phi) is 3.61. The van der Waals surface area contributed by atoms with Crippen LogP contribution >= 0.6 is 12.2 Å². The number of nitro groups is 1. The van der Waals surface area contributed by atoms with Crippen LogP contribution in [0.25, 0.3) is 0 Å². The van der Waals surface area contributed by atoms with Crippen LogP contribution in [0.2, 0.25) is 0 Å². The van der Waals surface area contributed by atoms with E-state index in [0.717, 1.165) is 12.8 Å². The molecule has 0 amide bonds. The van der Waals surface area contributed by atoms with E-state index in [1.807, 2.05) is 0 Å². The van der Waals surface area contributed by atoms with Crippen molar-refractivity contribution in [2.45, 2.75) is 18.9 Å². The Morgan fingerprint density at radius 3 is 2.83 bits per heavy atom. The van der Waals surface area contributed by atoms with E-state index in [9.17, 15) is 10.1 Å². The molecule has 96 valence electrons. The summed E-state index contributed by atoms with van der Waals surface area (Å²) in [4.78, 5) is 10.5. The van der Waals surface area contributed by atoms with Gasteiger partial charge in [-0.3, -0.25) is 10.1 Å². The summed E-state index contributed by atoms with van der Waals surface area (Å²) >= 11 is 5.08. The highest BCUT2D eigenvalue weighted by Crippen LogP contribution is 2.29. The van der Waals surface area contributed by atoms with E-state index in [0.29, 0.717) is 22.6 Å². The van der Waals surface area contributed by atoms with Gasteiger partial charge in [0.1, 0.15) is 11.4 Å². The summed E-state index contributed by atoms with van der Waals surface area (Å²) in [5, 5.41) is 17.3. The monoisotopic (exact) mass is 267 g/mol. The summed E-state index contributed by atoms with van der Waals surface area (Å²) in [6.45, 7) is 0. The molecule has 0 aliphatic heterocycles. The predicted molar refractivity (Wildman–Crippen MR) is 72.0 cm³/mol. The molecule has 1 fully saturated rings. The first kappa shape index (κ1) is 12.6. The maximum Gasteiger partial charge on any atom is 0.296 e. The van der Waals surface area contributed by atoms with Crippen molar-refractivity contribution in [2.24, 2.45) is 0 Å². The summed E-state index contributed by atoms with van der Waals surface area (Å²) in [6, 6.07) is 5.00. The van der Waals surface area contributed by atoms with Gasteiger partial charge in [-0.25, -0.2) is 0 Å². The van der Waals surface area contributed by atoms with Crippen LogP contribution in [0, 0.1) is 10.1 Å². The second-order valence-electron chi connectivity index (χ2n) is 4.01. The number of rotatable bonds is 4. The summed E-state index contributed by atoms with van der Waals surface area (Å²) in [7, 11) is 1.46. The van der Waals surface area contributed by atoms with E-state index < -0.39 is 4.92 Å². The first-order valence-corrected chi connectivity index (χ1v) is 5.91. The standard InChI is InChI=1S/C11H13N3O3S/c1-17-8-4-5-9(10(6-8)14(15)16)13-11(18)12-7-2-3-7/h4-7H,2-3H2,1H3,(H2,12,13,18). The highest BCUT2D eigenvalue weighted by molar-refractivity contribution is 7.80. The molecular formula is C11H13N3O3S. The maximum atomic E-state index is 11.0. The molecule has 1 saturated carbocycles. The summed E-state index contributed by atoms with van der Waals surface area (Å²) in [6.07, 6.45) is 2.18. The van der Waals surface area contributed by atoms with Crippen LogP contribution in [0.3, 0.4) is 0 Å². The number of anilines is 1. The zero-order valence-electron chi connectivity index (χ0n) is 9.80. The van der Waals surface area contributed by atoms with Crippen molar-refractivity contribution in [1.29, 1.82) is 0 Å². The first-order chi connectivity index (χ1) is 8.60. The average molecular weight is 267 g/mol. The molecule has 2 rings (SSSR count). The molecule has 0 atom stereocenters. The number of benzene rings is 1. The minimum absolute atomic E-state index is 0.0608. The number of methoxy groups -OCH3 is 1. The number of ether oxygens (including phenoxy) is 1. The second-order valence-corrected chi connectivity index (χ2v) is 4.42. The van der Waals surface area contributed by atoms with Gasteiger partial charge in [-0.05, 0) is 37.2 Å². The largest absolute Gasteiger partial charge is 0.496 e. The molecule has 1 aliphatic rings. The third-order valence-electron chi connectivity index (χ3n) is 2.56. The molecule has 0 radical (unpaired) electrons. The highest BCUT2D eigenvalue weighted by Gasteiger charge is 2.23. The molecule has 0 aromatic heterocycles. The molecule has 0 saturated heterocycles. The number of thiocarbonyl (C=S) groups is 1. The lowest BCUT2D eigenvalue weighted by molar-refractivity contribution is -0.384. The van der Waals surface area contributed by atoms with Crippen LogP contribution in [0.4, 0.5) is 11.4 Å². The fourth-order valence-electron chi connectivity index (χ4n) is 1.47. The molecule has 7 heteroatoms. The molecular weight excluding hydrogens is 254 g/mol. The van der Waals surface area contributed by atoms with Gasteiger partial charge in [0.25, 0.3) is 5.69 Å². The normalized spacial score (nSPS) is 13.8. The number of hydrogen-bond donors (Lipinski definition) is 2. The predicted octanol–water partition coefficient (Wildman–Crippen LogP) is 2.05. The summed E-state index contributed by atoms with van der Waals surface area (Å²) < 4.78 is 4.96. The van der Waals surface area contributed by atoms with E-state index in [4.69, 9.17) is 17.0 Å². The van der Waals surface area contributed by atoms with Crippen molar-refractivity contribution in [3.8, 4) is 5.75 Å². The van der Waals surface area contributed by atoms with Crippen molar-refractivity contribution in [3.63, 3.8) is 0 Å². The lowest BCUT2D eigenvalue weighted by Gasteiger charge is -2.10. The Morgan fingerprint density at radius 1 is 1.56 bits per heavy atom. The number of hydrogen-bond acceptors (Lipinski definition) is 4. The fraction of sp³-hybridized carbons (Fsp3) is 0.364. The smallest absolute Gasteiger partial charge is 0.296 e. The molecule has 0 heterocycles. The molecule has 1 aromatic rings. The zero-order chi connectivity index (χ0) is 13.1. The first-order valence-electron chi connectivity index (χ1n) is 5.50. The summed E-state index contributed by atoms with van der Waals surface area (Å²) in [5.41, 5.74) is 0.299. The third-order valence-corrected chi connectivity index (χ3v) is 2.78. The van der Waals surface area contributed by atoms with Gasteiger partial charge in [-0.2, -0.15) is 0 Å². The van der Waals surface area contributed by atoms with Crippen LogP contribution in [-0.2, 0) is 0 Å². The Labute approximate surface area is 109 Å². The van der Waals surface area contributed by atoms with Gasteiger partial charge in [0.05, 0.1) is 18.1 Å². The van der Waals surface area contributed by atoms with Gasteiger partial charge in [0.2, 0.25) is 0 Å². The minimum atomic E-state index is -0.468. The molecule has 0 unspecified atom stereocenters. The minimum Gasteiger partial charge on any atom is -0.496 e. The van der Waals surface area contributed by atoms with Crippen LogP contribution in [0.1, 0.15) is 12.8 Å². The van der Waals surface area contributed by atoms with Gasteiger partial charge >= 0.3 is 0 Å².